The Labute approximate surface area is 188 Å². The molecule has 1 aliphatic rings. The Morgan fingerprint density at radius 1 is 1.19 bits per heavy atom. The largest absolute Gasteiger partial charge is 0.325 e. The Bertz CT molecular complexity index is 1200. The van der Waals surface area contributed by atoms with Gasteiger partial charge in [0.1, 0.15) is 0 Å². The molecule has 0 saturated heterocycles. The van der Waals surface area contributed by atoms with Crippen molar-refractivity contribution in [3.63, 3.8) is 0 Å². The van der Waals surface area contributed by atoms with Crippen LogP contribution in [0.2, 0.25) is 5.02 Å². The fourth-order valence-corrected chi connectivity index (χ4v) is 4.83. The minimum Gasteiger partial charge on any atom is -0.325 e. The van der Waals surface area contributed by atoms with Crippen molar-refractivity contribution in [1.29, 1.82) is 0 Å². The zero-order chi connectivity index (χ0) is 22.0. The Hall–Kier alpha value is -2.63. The monoisotopic (exact) mass is 478 g/mol. The molecule has 162 valence electrons. The minimum absolute atomic E-state index is 0.0261. The van der Waals surface area contributed by atoms with Crippen molar-refractivity contribution in [3.8, 4) is 0 Å². The molecular weight excluding hydrogens is 460 g/mol. The average molecular weight is 479 g/mol. The van der Waals surface area contributed by atoms with Crippen molar-refractivity contribution < 1.29 is 13.2 Å². The number of anilines is 2. The molecule has 1 fully saturated rings. The van der Waals surface area contributed by atoms with Crippen molar-refractivity contribution in [2.24, 2.45) is 0 Å². The second-order valence-corrected chi connectivity index (χ2v) is 10.5. The standard InChI is InChI=1S/C19H19ClN6O3S2/c1-12(30-19-22-24-25-26(19)16-9-10-16)18(27)21-15-3-2-4-17(11-15)31(28,29)23-14-7-5-13(20)6-8-14/h2-8,11-12,16,23H,9-10H2,1H3,(H,21,27). The topological polar surface area (TPSA) is 119 Å². The summed E-state index contributed by atoms with van der Waals surface area (Å²) in [5.41, 5.74) is 0.760. The molecule has 1 saturated carbocycles. The van der Waals surface area contributed by atoms with Crippen LogP contribution in [0.25, 0.3) is 0 Å². The third kappa shape index (κ3) is 5.35. The van der Waals surface area contributed by atoms with E-state index in [1.807, 2.05) is 0 Å². The number of nitrogens with one attached hydrogen (secondary N) is 2. The van der Waals surface area contributed by atoms with Gasteiger partial charge in [0.2, 0.25) is 11.1 Å². The summed E-state index contributed by atoms with van der Waals surface area (Å²) in [6.07, 6.45) is 2.06. The van der Waals surface area contributed by atoms with Crippen LogP contribution in [-0.4, -0.2) is 39.8 Å². The molecule has 1 aliphatic carbocycles. The van der Waals surface area contributed by atoms with Crippen molar-refractivity contribution in [1.82, 2.24) is 20.2 Å². The van der Waals surface area contributed by atoms with Gasteiger partial charge in [0.25, 0.3) is 10.0 Å². The van der Waals surface area contributed by atoms with Crippen molar-refractivity contribution >= 4 is 50.7 Å². The lowest BCUT2D eigenvalue weighted by atomic mass is 10.3. The van der Waals surface area contributed by atoms with E-state index in [1.165, 1.54) is 23.9 Å². The number of hydrogen-bond donors (Lipinski definition) is 2. The highest BCUT2D eigenvalue weighted by molar-refractivity contribution is 8.00. The Kier molecular flexibility index (Phi) is 6.17. The van der Waals surface area contributed by atoms with Crippen LogP contribution in [0.4, 0.5) is 11.4 Å². The molecule has 4 rings (SSSR count). The number of tetrazole rings is 1. The summed E-state index contributed by atoms with van der Waals surface area (Å²) in [4.78, 5) is 12.7. The lowest BCUT2D eigenvalue weighted by Crippen LogP contribution is -2.23. The van der Waals surface area contributed by atoms with E-state index in [0.29, 0.717) is 27.6 Å². The van der Waals surface area contributed by atoms with Crippen molar-refractivity contribution in [3.05, 3.63) is 53.6 Å². The van der Waals surface area contributed by atoms with E-state index in [9.17, 15) is 13.2 Å². The first-order valence-electron chi connectivity index (χ1n) is 9.46. The number of nitrogens with zero attached hydrogens (tertiary/aromatic N) is 4. The summed E-state index contributed by atoms with van der Waals surface area (Å²) >= 11 is 7.09. The summed E-state index contributed by atoms with van der Waals surface area (Å²) in [5.74, 6) is -0.282. The van der Waals surface area contributed by atoms with E-state index in [4.69, 9.17) is 11.6 Å². The molecule has 1 heterocycles. The molecule has 9 nitrogen and oxygen atoms in total. The molecule has 0 aliphatic heterocycles. The van der Waals surface area contributed by atoms with Gasteiger partial charge in [-0.2, -0.15) is 0 Å². The van der Waals surface area contributed by atoms with Gasteiger partial charge in [-0.3, -0.25) is 9.52 Å². The highest BCUT2D eigenvalue weighted by Crippen LogP contribution is 2.37. The molecule has 31 heavy (non-hydrogen) atoms. The molecule has 1 atom stereocenters. The fourth-order valence-electron chi connectivity index (χ4n) is 2.74. The van der Waals surface area contributed by atoms with Crippen LogP contribution in [-0.2, 0) is 14.8 Å². The molecule has 1 unspecified atom stereocenters. The maximum absolute atomic E-state index is 12.7. The molecule has 0 bridgehead atoms. The third-order valence-corrected chi connectivity index (χ3v) is 7.19. The van der Waals surface area contributed by atoms with Crippen LogP contribution in [0, 0.1) is 0 Å². The van der Waals surface area contributed by atoms with E-state index in [0.717, 1.165) is 12.8 Å². The number of rotatable bonds is 8. The first-order valence-corrected chi connectivity index (χ1v) is 12.2. The van der Waals surface area contributed by atoms with Gasteiger partial charge in [-0.15, -0.1) is 5.10 Å². The maximum atomic E-state index is 12.7. The molecule has 0 radical (unpaired) electrons. The molecule has 3 aromatic rings. The van der Waals surface area contributed by atoms with Crippen LogP contribution >= 0.6 is 23.4 Å². The summed E-state index contributed by atoms with van der Waals surface area (Å²) < 4.78 is 29.6. The highest BCUT2D eigenvalue weighted by atomic mass is 35.5. The zero-order valence-corrected chi connectivity index (χ0v) is 18.8. The fraction of sp³-hybridized carbons (Fsp3) is 0.263. The van der Waals surface area contributed by atoms with E-state index >= 15 is 0 Å². The van der Waals surface area contributed by atoms with Crippen molar-refractivity contribution in [2.45, 2.75) is 41.1 Å². The SMILES string of the molecule is CC(Sc1nnnn1C1CC1)C(=O)Nc1cccc(S(=O)(=O)Nc2ccc(Cl)cc2)c1. The molecule has 0 spiro atoms. The highest BCUT2D eigenvalue weighted by Gasteiger charge is 2.29. The van der Waals surface area contributed by atoms with Gasteiger partial charge in [-0.1, -0.05) is 29.4 Å². The molecular formula is C19H19ClN6O3S2. The third-order valence-electron chi connectivity index (χ3n) is 4.52. The van der Waals surface area contributed by atoms with Gasteiger partial charge in [-0.25, -0.2) is 13.1 Å². The van der Waals surface area contributed by atoms with Crippen LogP contribution in [0.1, 0.15) is 25.8 Å². The molecule has 1 aromatic heterocycles. The van der Waals surface area contributed by atoms with Gasteiger partial charge < -0.3 is 5.32 Å². The lowest BCUT2D eigenvalue weighted by Gasteiger charge is -2.13. The maximum Gasteiger partial charge on any atom is 0.261 e. The minimum atomic E-state index is -3.83. The quantitative estimate of drug-likeness (QED) is 0.475. The van der Waals surface area contributed by atoms with Gasteiger partial charge in [0, 0.05) is 16.4 Å². The summed E-state index contributed by atoms with van der Waals surface area (Å²) in [6.45, 7) is 1.74. The van der Waals surface area contributed by atoms with E-state index in [2.05, 4.69) is 25.6 Å². The van der Waals surface area contributed by atoms with Gasteiger partial charge in [0.15, 0.2) is 0 Å². The number of benzene rings is 2. The first kappa shape index (κ1) is 21.6. The number of hydrogen-bond acceptors (Lipinski definition) is 7. The number of thioether (sulfide) groups is 1. The van der Waals surface area contributed by atoms with Crippen LogP contribution in [0.5, 0.6) is 0 Å². The second kappa shape index (κ2) is 8.85. The lowest BCUT2D eigenvalue weighted by molar-refractivity contribution is -0.115. The summed E-state index contributed by atoms with van der Waals surface area (Å²) in [7, 11) is -3.83. The van der Waals surface area contributed by atoms with Gasteiger partial charge in [-0.05, 0) is 72.7 Å². The zero-order valence-electron chi connectivity index (χ0n) is 16.4. The number of sulfonamides is 1. The van der Waals surface area contributed by atoms with Gasteiger partial charge in [0.05, 0.1) is 16.2 Å². The number of carbonyl (C=O) groups excluding carboxylic acids is 1. The van der Waals surface area contributed by atoms with Crippen molar-refractivity contribution in [2.75, 3.05) is 10.0 Å². The molecule has 1 amide bonds. The Morgan fingerprint density at radius 3 is 2.65 bits per heavy atom. The van der Waals surface area contributed by atoms with E-state index < -0.39 is 15.3 Å². The first-order chi connectivity index (χ1) is 14.8. The number of carbonyl (C=O) groups is 1. The summed E-state index contributed by atoms with van der Waals surface area (Å²) in [6, 6.07) is 12.7. The predicted octanol–water partition coefficient (Wildman–Crippen LogP) is 3.58. The normalized spacial score (nSPS) is 14.8. The molecule has 2 aromatic carbocycles. The van der Waals surface area contributed by atoms with E-state index in [1.54, 1.807) is 48.0 Å². The Morgan fingerprint density at radius 2 is 1.94 bits per heavy atom. The average Bonchev–Trinajstić information content (AvgIpc) is 3.48. The summed E-state index contributed by atoms with van der Waals surface area (Å²) in [5, 5.41) is 15.0. The van der Waals surface area contributed by atoms with Crippen LogP contribution in [0.3, 0.4) is 0 Å². The predicted molar refractivity (Wildman–Crippen MR) is 119 cm³/mol. The second-order valence-electron chi connectivity index (χ2n) is 7.03. The van der Waals surface area contributed by atoms with Crippen LogP contribution in [0.15, 0.2) is 58.6 Å². The van der Waals surface area contributed by atoms with Crippen LogP contribution < -0.4 is 10.0 Å². The molecule has 12 heteroatoms. The Balaban J connectivity index is 1.43. The van der Waals surface area contributed by atoms with Gasteiger partial charge >= 0.3 is 0 Å². The number of amides is 1. The smallest absolute Gasteiger partial charge is 0.261 e. The number of aromatic nitrogens is 4. The molecule has 2 N–H and O–H groups in total. The number of halogens is 1. The van der Waals surface area contributed by atoms with E-state index in [-0.39, 0.29) is 10.8 Å².